The first-order chi connectivity index (χ1) is 7.65. The van der Waals surface area contributed by atoms with Crippen molar-refractivity contribution < 1.29 is 0 Å². The highest BCUT2D eigenvalue weighted by Gasteiger charge is 2.02. The molecule has 0 heterocycles. The fourth-order valence-electron chi connectivity index (χ4n) is 2.17. The first-order valence-corrected chi connectivity index (χ1v) is 6.43. The molecular formula is C15H25N. The smallest absolute Gasteiger partial charge is 0.0205 e. The molecule has 0 bridgehead atoms. The van der Waals surface area contributed by atoms with E-state index < -0.39 is 0 Å². The van der Waals surface area contributed by atoms with Gasteiger partial charge in [-0.1, -0.05) is 56.0 Å². The molecule has 1 N–H and O–H groups in total. The number of hydrogen-bond donors (Lipinski definition) is 1. The highest BCUT2D eigenvalue weighted by atomic mass is 14.9. The van der Waals surface area contributed by atoms with Crippen molar-refractivity contribution in [3.63, 3.8) is 0 Å². The molecule has 0 spiro atoms. The second-order valence-corrected chi connectivity index (χ2v) is 4.81. The lowest BCUT2D eigenvalue weighted by molar-refractivity contribution is 0.449. The normalized spacial score (nSPS) is 11.1. The Balaban J connectivity index is 2.42. The molecule has 1 aromatic carbocycles. The van der Waals surface area contributed by atoms with E-state index in [1.807, 2.05) is 0 Å². The van der Waals surface area contributed by atoms with Crippen molar-refractivity contribution in [2.75, 3.05) is 6.54 Å². The molecule has 90 valence electrons. The largest absolute Gasteiger partial charge is 0.312 e. The quantitative estimate of drug-likeness (QED) is 0.766. The fourth-order valence-corrected chi connectivity index (χ4v) is 2.17. The zero-order chi connectivity index (χ0) is 12.0. The van der Waals surface area contributed by atoms with Gasteiger partial charge < -0.3 is 5.32 Å². The Morgan fingerprint density at radius 2 is 1.56 bits per heavy atom. The molecule has 1 aromatic rings. The zero-order valence-electron chi connectivity index (χ0n) is 11.1. The monoisotopic (exact) mass is 219 g/mol. The van der Waals surface area contributed by atoms with Crippen molar-refractivity contribution in [3.05, 3.63) is 34.9 Å². The van der Waals surface area contributed by atoms with Gasteiger partial charge in [0.1, 0.15) is 0 Å². The van der Waals surface area contributed by atoms with Gasteiger partial charge in [-0.05, 0) is 31.9 Å². The van der Waals surface area contributed by atoms with Crippen molar-refractivity contribution in [1.29, 1.82) is 0 Å². The molecule has 0 fully saturated rings. The summed E-state index contributed by atoms with van der Waals surface area (Å²) < 4.78 is 0. The van der Waals surface area contributed by atoms with E-state index in [9.17, 15) is 0 Å². The summed E-state index contributed by atoms with van der Waals surface area (Å²) in [7, 11) is 0. The number of rotatable bonds is 6. The molecule has 1 nitrogen and oxygen atoms in total. The van der Waals surface area contributed by atoms with Crippen molar-refractivity contribution >= 4 is 0 Å². The molecule has 0 saturated heterocycles. The molecule has 0 aromatic heterocycles. The topological polar surface area (TPSA) is 12.0 Å². The van der Waals surface area contributed by atoms with Gasteiger partial charge in [0.05, 0.1) is 0 Å². The molecule has 0 aliphatic carbocycles. The summed E-state index contributed by atoms with van der Waals surface area (Å²) in [6.45, 7) is 11.0. The lowest BCUT2D eigenvalue weighted by atomic mass is 10.0. The first-order valence-electron chi connectivity index (χ1n) is 6.43. The van der Waals surface area contributed by atoms with E-state index in [2.05, 4.69) is 51.2 Å². The first kappa shape index (κ1) is 13.2. The summed E-state index contributed by atoms with van der Waals surface area (Å²) in [6, 6.07) is 6.77. The van der Waals surface area contributed by atoms with E-state index in [0.717, 1.165) is 19.0 Å². The Morgan fingerprint density at radius 1 is 1.00 bits per heavy atom. The maximum atomic E-state index is 3.56. The third-order valence-electron chi connectivity index (χ3n) is 3.20. The minimum atomic E-state index is 0.825. The Kier molecular flexibility index (Phi) is 5.54. The van der Waals surface area contributed by atoms with Crippen LogP contribution in [0.5, 0.6) is 0 Å². The van der Waals surface area contributed by atoms with Crippen LogP contribution in [0.3, 0.4) is 0 Å². The van der Waals surface area contributed by atoms with Crippen LogP contribution in [0.4, 0.5) is 0 Å². The van der Waals surface area contributed by atoms with Gasteiger partial charge in [0.15, 0.2) is 0 Å². The molecule has 0 saturated carbocycles. The summed E-state index contributed by atoms with van der Waals surface area (Å²) in [5, 5.41) is 3.56. The Labute approximate surface area is 100 Å². The van der Waals surface area contributed by atoms with Crippen LogP contribution in [0.1, 0.15) is 43.4 Å². The van der Waals surface area contributed by atoms with Gasteiger partial charge in [0.25, 0.3) is 0 Å². The van der Waals surface area contributed by atoms with Crippen molar-refractivity contribution in [2.24, 2.45) is 5.92 Å². The van der Waals surface area contributed by atoms with E-state index >= 15 is 0 Å². The molecule has 0 aliphatic rings. The van der Waals surface area contributed by atoms with Crippen LogP contribution >= 0.6 is 0 Å². The summed E-state index contributed by atoms with van der Waals surface area (Å²) >= 11 is 0. The lowest BCUT2D eigenvalue weighted by Gasteiger charge is -2.13. The average Bonchev–Trinajstić information content (AvgIpc) is 2.23. The molecule has 0 amide bonds. The van der Waals surface area contributed by atoms with Gasteiger partial charge in [-0.2, -0.15) is 0 Å². The van der Waals surface area contributed by atoms with Crippen LogP contribution in [0.15, 0.2) is 18.2 Å². The van der Waals surface area contributed by atoms with E-state index in [0.29, 0.717) is 0 Å². The zero-order valence-corrected chi connectivity index (χ0v) is 11.1. The molecule has 0 unspecified atom stereocenters. The van der Waals surface area contributed by atoms with Crippen molar-refractivity contribution in [1.82, 2.24) is 5.32 Å². The van der Waals surface area contributed by atoms with Gasteiger partial charge >= 0.3 is 0 Å². The standard InChI is InChI=1S/C15H25N/c1-5-14(6-2)10-16-11-15-8-12(3)7-13(4)9-15/h7-9,14,16H,5-6,10-11H2,1-4H3. The second-order valence-electron chi connectivity index (χ2n) is 4.81. The summed E-state index contributed by atoms with van der Waals surface area (Å²) in [6.07, 6.45) is 2.55. The molecule has 1 heteroatoms. The van der Waals surface area contributed by atoms with E-state index in [1.165, 1.54) is 29.5 Å². The third kappa shape index (κ3) is 4.36. The SMILES string of the molecule is CCC(CC)CNCc1cc(C)cc(C)c1. The average molecular weight is 219 g/mol. The van der Waals surface area contributed by atoms with Gasteiger partial charge in [-0.3, -0.25) is 0 Å². The predicted octanol–water partition coefficient (Wildman–Crippen LogP) is 3.83. The van der Waals surface area contributed by atoms with E-state index in [1.54, 1.807) is 0 Å². The number of nitrogens with one attached hydrogen (secondary N) is 1. The number of hydrogen-bond acceptors (Lipinski definition) is 1. The maximum absolute atomic E-state index is 3.56. The summed E-state index contributed by atoms with van der Waals surface area (Å²) in [5.74, 6) is 0.825. The maximum Gasteiger partial charge on any atom is 0.0205 e. The lowest BCUT2D eigenvalue weighted by Crippen LogP contribution is -2.21. The minimum Gasteiger partial charge on any atom is -0.312 e. The predicted molar refractivity (Wildman–Crippen MR) is 71.7 cm³/mol. The van der Waals surface area contributed by atoms with Crippen LogP contribution in [0.2, 0.25) is 0 Å². The van der Waals surface area contributed by atoms with Crippen molar-refractivity contribution in [3.8, 4) is 0 Å². The molecule has 16 heavy (non-hydrogen) atoms. The molecule has 0 radical (unpaired) electrons. The second kappa shape index (κ2) is 6.70. The highest BCUT2D eigenvalue weighted by molar-refractivity contribution is 5.28. The van der Waals surface area contributed by atoms with Gasteiger partial charge in [0.2, 0.25) is 0 Å². The van der Waals surface area contributed by atoms with Crippen LogP contribution in [0, 0.1) is 19.8 Å². The molecule has 0 aliphatic heterocycles. The Hall–Kier alpha value is -0.820. The van der Waals surface area contributed by atoms with E-state index in [4.69, 9.17) is 0 Å². The van der Waals surface area contributed by atoms with Gasteiger partial charge in [0, 0.05) is 6.54 Å². The van der Waals surface area contributed by atoms with Crippen LogP contribution in [-0.4, -0.2) is 6.54 Å². The Bertz CT molecular complexity index is 293. The number of aryl methyl sites for hydroxylation is 2. The fraction of sp³-hybridized carbons (Fsp3) is 0.600. The number of benzene rings is 1. The third-order valence-corrected chi connectivity index (χ3v) is 3.20. The van der Waals surface area contributed by atoms with Crippen LogP contribution in [-0.2, 0) is 6.54 Å². The summed E-state index contributed by atoms with van der Waals surface area (Å²) in [4.78, 5) is 0. The minimum absolute atomic E-state index is 0.825. The highest BCUT2D eigenvalue weighted by Crippen LogP contribution is 2.09. The van der Waals surface area contributed by atoms with Crippen LogP contribution < -0.4 is 5.32 Å². The summed E-state index contributed by atoms with van der Waals surface area (Å²) in [5.41, 5.74) is 4.13. The molecule has 1 rings (SSSR count). The molecular weight excluding hydrogens is 194 g/mol. The Morgan fingerprint density at radius 3 is 2.06 bits per heavy atom. The van der Waals surface area contributed by atoms with Gasteiger partial charge in [-0.25, -0.2) is 0 Å². The van der Waals surface area contributed by atoms with Crippen LogP contribution in [0.25, 0.3) is 0 Å². The van der Waals surface area contributed by atoms with Gasteiger partial charge in [-0.15, -0.1) is 0 Å². The van der Waals surface area contributed by atoms with Crippen molar-refractivity contribution in [2.45, 2.75) is 47.1 Å². The molecule has 0 atom stereocenters. The van der Waals surface area contributed by atoms with E-state index in [-0.39, 0.29) is 0 Å².